The van der Waals surface area contributed by atoms with Crippen molar-refractivity contribution in [3.05, 3.63) is 58.8 Å². The summed E-state index contributed by atoms with van der Waals surface area (Å²) in [5, 5.41) is 10.7. The number of rotatable bonds is 8. The van der Waals surface area contributed by atoms with Crippen LogP contribution in [0.4, 0.5) is 13.2 Å². The molecule has 0 saturated carbocycles. The van der Waals surface area contributed by atoms with E-state index in [1.54, 1.807) is 0 Å². The van der Waals surface area contributed by atoms with E-state index in [1.807, 2.05) is 58.9 Å². The molecule has 2 fully saturated rings. The molecule has 236 valence electrons. The highest BCUT2D eigenvalue weighted by Gasteiger charge is 2.60. The van der Waals surface area contributed by atoms with E-state index < -0.39 is 59.2 Å². The number of aliphatic carboxylic acids is 1. The lowest BCUT2D eigenvalue weighted by Gasteiger charge is -2.35. The number of methoxy groups -OCH3 is 1. The van der Waals surface area contributed by atoms with Crippen molar-refractivity contribution in [1.82, 2.24) is 9.88 Å². The third kappa shape index (κ3) is 6.82. The number of alkyl halides is 3. The highest BCUT2D eigenvalue weighted by atomic mass is 19.4. The summed E-state index contributed by atoms with van der Waals surface area (Å²) in [6, 6.07) is 6.34. The number of halogens is 3. The quantitative estimate of drug-likeness (QED) is 0.372. The van der Waals surface area contributed by atoms with Crippen LogP contribution in [0, 0.1) is 11.3 Å². The van der Waals surface area contributed by atoms with E-state index in [0.717, 1.165) is 30.0 Å². The molecular formula is C32H41F3N2O6. The first-order valence-corrected chi connectivity index (χ1v) is 14.6. The standard InChI is InChI=1S/C32H41F3N2O6/c1-18(2)21-11-7-8-12-22(21)25-27(43-17-19-15-20(32(33,34)35)16-36-28(19)41-6)24(31(3,4)5)26(30(39)40)37(25)29(38)23-13-9-10-14-42-23/h7-8,11-12,15-16,18,23-27H,9-10,13-14,17H2,1-6H3,(H,39,40)/t23-,24-,25+,26+,27+/m1/s1. The number of hydrogen-bond acceptors (Lipinski definition) is 6. The minimum Gasteiger partial charge on any atom is -0.481 e. The molecule has 1 amide bonds. The van der Waals surface area contributed by atoms with Gasteiger partial charge < -0.3 is 24.2 Å². The van der Waals surface area contributed by atoms with Crippen molar-refractivity contribution >= 4 is 11.9 Å². The lowest BCUT2D eigenvalue weighted by Crippen LogP contribution is -2.51. The molecule has 8 nitrogen and oxygen atoms in total. The van der Waals surface area contributed by atoms with Crippen LogP contribution in [-0.2, 0) is 31.8 Å². The van der Waals surface area contributed by atoms with E-state index in [0.29, 0.717) is 19.2 Å². The second-order valence-corrected chi connectivity index (χ2v) is 12.7. The monoisotopic (exact) mass is 606 g/mol. The summed E-state index contributed by atoms with van der Waals surface area (Å²) in [7, 11) is 1.30. The van der Waals surface area contributed by atoms with Gasteiger partial charge in [0.1, 0.15) is 12.1 Å². The number of ether oxygens (including phenoxy) is 3. The molecule has 2 aromatic rings. The van der Waals surface area contributed by atoms with Gasteiger partial charge in [-0.25, -0.2) is 9.78 Å². The molecule has 0 spiro atoms. The zero-order valence-electron chi connectivity index (χ0n) is 25.5. The Morgan fingerprint density at radius 3 is 2.42 bits per heavy atom. The third-order valence-corrected chi connectivity index (χ3v) is 8.38. The average molecular weight is 607 g/mol. The Hall–Kier alpha value is -3.18. The second kappa shape index (κ2) is 12.8. The zero-order valence-corrected chi connectivity index (χ0v) is 25.5. The Bertz CT molecular complexity index is 1300. The molecule has 1 aromatic heterocycles. The Morgan fingerprint density at radius 1 is 1.16 bits per heavy atom. The molecule has 2 aliphatic heterocycles. The third-order valence-electron chi connectivity index (χ3n) is 8.38. The Labute approximate surface area is 250 Å². The molecule has 2 saturated heterocycles. The van der Waals surface area contributed by atoms with Gasteiger partial charge in [0.2, 0.25) is 5.88 Å². The molecule has 4 rings (SSSR count). The van der Waals surface area contributed by atoms with Gasteiger partial charge in [-0.3, -0.25) is 4.79 Å². The van der Waals surface area contributed by atoms with Gasteiger partial charge >= 0.3 is 12.1 Å². The molecule has 1 aromatic carbocycles. The first kappa shape index (κ1) is 32.7. The molecule has 0 aliphatic carbocycles. The SMILES string of the molecule is COc1ncc(C(F)(F)F)cc1CO[C@H]1[C@H](C(C)(C)C)[C@@H](C(=O)O)N(C(=O)[C@H]2CCCCO2)[C@H]1c1ccccc1C(C)C. The first-order chi connectivity index (χ1) is 20.2. The predicted molar refractivity (Wildman–Crippen MR) is 152 cm³/mol. The van der Waals surface area contributed by atoms with Gasteiger partial charge in [0.15, 0.2) is 0 Å². The molecule has 0 bridgehead atoms. The largest absolute Gasteiger partial charge is 0.481 e. The van der Waals surface area contributed by atoms with E-state index in [-0.39, 0.29) is 24.0 Å². The van der Waals surface area contributed by atoms with Crippen LogP contribution >= 0.6 is 0 Å². The molecule has 3 heterocycles. The maximum atomic E-state index is 14.3. The number of amides is 1. The number of likely N-dealkylation sites (tertiary alicyclic amines) is 1. The van der Waals surface area contributed by atoms with Gasteiger partial charge in [-0.15, -0.1) is 0 Å². The number of aromatic nitrogens is 1. The molecule has 0 radical (unpaired) electrons. The van der Waals surface area contributed by atoms with Crippen LogP contribution in [0.1, 0.15) is 88.1 Å². The van der Waals surface area contributed by atoms with Gasteiger partial charge in [-0.05, 0) is 47.8 Å². The molecule has 1 N–H and O–H groups in total. The number of carbonyl (C=O) groups is 2. The molecule has 11 heteroatoms. The fourth-order valence-electron chi connectivity index (χ4n) is 6.45. The fraction of sp³-hybridized carbons (Fsp3) is 0.594. The lowest BCUT2D eigenvalue weighted by molar-refractivity contribution is -0.159. The van der Waals surface area contributed by atoms with E-state index in [9.17, 15) is 27.9 Å². The summed E-state index contributed by atoms with van der Waals surface area (Å²) in [5.41, 5.74) is 0.0756. The Morgan fingerprint density at radius 2 is 1.86 bits per heavy atom. The number of hydrogen-bond donors (Lipinski definition) is 1. The van der Waals surface area contributed by atoms with Crippen LogP contribution in [0.15, 0.2) is 36.5 Å². The van der Waals surface area contributed by atoms with Gasteiger partial charge in [-0.2, -0.15) is 13.2 Å². The number of pyridine rings is 1. The van der Waals surface area contributed by atoms with Crippen molar-refractivity contribution in [1.29, 1.82) is 0 Å². The van der Waals surface area contributed by atoms with Crippen molar-refractivity contribution in [3.63, 3.8) is 0 Å². The smallest absolute Gasteiger partial charge is 0.417 e. The van der Waals surface area contributed by atoms with Gasteiger partial charge in [0, 0.05) is 24.3 Å². The maximum Gasteiger partial charge on any atom is 0.417 e. The Kier molecular flexibility index (Phi) is 9.76. The number of carboxylic acids is 1. The van der Waals surface area contributed by atoms with Gasteiger partial charge in [0.05, 0.1) is 31.4 Å². The number of carboxylic acid groups (broad SMARTS) is 1. The molecular weight excluding hydrogens is 565 g/mol. The zero-order chi connectivity index (χ0) is 31.7. The number of benzene rings is 1. The summed E-state index contributed by atoms with van der Waals surface area (Å²) in [4.78, 5) is 32.6. The van der Waals surface area contributed by atoms with Crippen LogP contribution < -0.4 is 4.74 Å². The second-order valence-electron chi connectivity index (χ2n) is 12.7. The van der Waals surface area contributed by atoms with Crippen molar-refractivity contribution in [2.24, 2.45) is 11.3 Å². The van der Waals surface area contributed by atoms with E-state index in [2.05, 4.69) is 4.98 Å². The normalized spacial score (nSPS) is 24.8. The molecule has 5 atom stereocenters. The van der Waals surface area contributed by atoms with Crippen LogP contribution in [0.5, 0.6) is 5.88 Å². The summed E-state index contributed by atoms with van der Waals surface area (Å²) in [5.74, 6) is -2.33. The summed E-state index contributed by atoms with van der Waals surface area (Å²) in [6.07, 6.45) is -3.56. The summed E-state index contributed by atoms with van der Waals surface area (Å²) < 4.78 is 58.3. The van der Waals surface area contributed by atoms with E-state index in [1.165, 1.54) is 12.0 Å². The van der Waals surface area contributed by atoms with Crippen LogP contribution in [0.25, 0.3) is 0 Å². The fourth-order valence-corrected chi connectivity index (χ4v) is 6.45. The van der Waals surface area contributed by atoms with Gasteiger partial charge in [-0.1, -0.05) is 58.9 Å². The van der Waals surface area contributed by atoms with Crippen LogP contribution in [0.3, 0.4) is 0 Å². The van der Waals surface area contributed by atoms with Crippen molar-refractivity contribution in [2.45, 2.75) is 96.9 Å². The summed E-state index contributed by atoms with van der Waals surface area (Å²) in [6.45, 7) is 9.73. The average Bonchev–Trinajstić information content (AvgIpc) is 3.31. The van der Waals surface area contributed by atoms with E-state index >= 15 is 0 Å². The molecule has 0 unspecified atom stereocenters. The van der Waals surface area contributed by atoms with Crippen molar-refractivity contribution in [3.8, 4) is 5.88 Å². The van der Waals surface area contributed by atoms with Crippen LogP contribution in [0.2, 0.25) is 0 Å². The van der Waals surface area contributed by atoms with Gasteiger partial charge in [0.25, 0.3) is 5.91 Å². The summed E-state index contributed by atoms with van der Waals surface area (Å²) >= 11 is 0. The van der Waals surface area contributed by atoms with Crippen molar-refractivity contribution < 1.29 is 42.1 Å². The Balaban J connectivity index is 1.89. The lowest BCUT2D eigenvalue weighted by atomic mass is 9.73. The molecule has 2 aliphatic rings. The highest BCUT2D eigenvalue weighted by Crippen LogP contribution is 2.51. The first-order valence-electron chi connectivity index (χ1n) is 14.6. The minimum absolute atomic E-state index is 0.0317. The van der Waals surface area contributed by atoms with E-state index in [4.69, 9.17) is 14.2 Å². The predicted octanol–water partition coefficient (Wildman–Crippen LogP) is 6.39. The molecule has 43 heavy (non-hydrogen) atoms. The van der Waals surface area contributed by atoms with Crippen molar-refractivity contribution in [2.75, 3.05) is 13.7 Å². The highest BCUT2D eigenvalue weighted by molar-refractivity contribution is 5.88. The number of nitrogens with zero attached hydrogens (tertiary/aromatic N) is 2. The topological polar surface area (TPSA) is 98.2 Å². The number of carbonyl (C=O) groups excluding carboxylic acids is 1. The maximum absolute atomic E-state index is 14.3. The minimum atomic E-state index is -4.63. The van der Waals surface area contributed by atoms with Crippen LogP contribution in [-0.4, -0.2) is 58.8 Å².